The molecule has 1 saturated heterocycles. The molecule has 1 aliphatic rings. The Hall–Kier alpha value is -1.55. The molecule has 0 saturated carbocycles. The molecule has 102 valence electrons. The number of amides is 2. The molecule has 0 aliphatic carbocycles. The Balaban J connectivity index is 2.06. The summed E-state index contributed by atoms with van der Waals surface area (Å²) >= 11 is 5.78. The highest BCUT2D eigenvalue weighted by Gasteiger charge is 2.38. The van der Waals surface area contributed by atoms with Crippen molar-refractivity contribution < 1.29 is 14.3 Å². The monoisotopic (exact) mass is 281 g/mol. The Morgan fingerprint density at radius 1 is 1.32 bits per heavy atom. The maximum Gasteiger partial charge on any atom is 0.252 e. The normalized spacial score (nSPS) is 19.1. The van der Waals surface area contributed by atoms with Crippen molar-refractivity contribution in [1.82, 2.24) is 0 Å². The second kappa shape index (κ2) is 6.06. The lowest BCUT2D eigenvalue weighted by Crippen LogP contribution is -2.30. The van der Waals surface area contributed by atoms with Crippen LogP contribution in [0.3, 0.4) is 0 Å². The van der Waals surface area contributed by atoms with Crippen molar-refractivity contribution in [1.29, 1.82) is 0 Å². The third kappa shape index (κ3) is 3.07. The molecule has 19 heavy (non-hydrogen) atoms. The molecule has 0 spiro atoms. The van der Waals surface area contributed by atoms with Gasteiger partial charge >= 0.3 is 0 Å². The van der Waals surface area contributed by atoms with Gasteiger partial charge in [0.05, 0.1) is 18.7 Å². The number of carbonyl (C=O) groups excluding carboxylic acids is 2. The van der Waals surface area contributed by atoms with Crippen LogP contribution in [0.4, 0.5) is 5.69 Å². The van der Waals surface area contributed by atoms with Gasteiger partial charge in [-0.15, -0.1) is 11.6 Å². The zero-order chi connectivity index (χ0) is 13.8. The Bertz CT molecular complexity index is 472. The molecule has 2 amide bonds. The minimum absolute atomic E-state index is 0.0646. The van der Waals surface area contributed by atoms with Gasteiger partial charge in [0.15, 0.2) is 0 Å². The molecular formula is C14H16ClNO3. The van der Waals surface area contributed by atoms with Crippen molar-refractivity contribution in [2.24, 2.45) is 0 Å². The lowest BCUT2D eigenvalue weighted by Gasteiger charge is -2.14. The molecule has 5 heteroatoms. The van der Waals surface area contributed by atoms with Gasteiger partial charge < -0.3 is 4.74 Å². The number of unbranched alkanes of at least 4 members (excludes halogenated alkanes) is 1. The van der Waals surface area contributed by atoms with Gasteiger partial charge in [0, 0.05) is 0 Å². The predicted octanol–water partition coefficient (Wildman–Crippen LogP) is 2.74. The van der Waals surface area contributed by atoms with E-state index in [2.05, 4.69) is 6.92 Å². The summed E-state index contributed by atoms with van der Waals surface area (Å²) in [6.45, 7) is 2.76. The van der Waals surface area contributed by atoms with Crippen LogP contribution >= 0.6 is 11.6 Å². The van der Waals surface area contributed by atoms with E-state index in [1.165, 1.54) is 0 Å². The minimum Gasteiger partial charge on any atom is -0.494 e. The summed E-state index contributed by atoms with van der Waals surface area (Å²) < 4.78 is 5.52. The van der Waals surface area contributed by atoms with Crippen LogP contribution in [0.25, 0.3) is 0 Å². The number of halogens is 1. The molecule has 1 fully saturated rings. The molecule has 0 radical (unpaired) electrons. The number of hydrogen-bond donors (Lipinski definition) is 0. The van der Waals surface area contributed by atoms with E-state index in [0.29, 0.717) is 12.3 Å². The molecule has 2 rings (SSSR count). The largest absolute Gasteiger partial charge is 0.494 e. The highest BCUT2D eigenvalue weighted by Crippen LogP contribution is 2.27. The fraction of sp³-hybridized carbons (Fsp3) is 0.429. The summed E-state index contributed by atoms with van der Waals surface area (Å²) in [5.41, 5.74) is 0.543. The quantitative estimate of drug-likeness (QED) is 0.474. The van der Waals surface area contributed by atoms with E-state index < -0.39 is 5.38 Å². The van der Waals surface area contributed by atoms with E-state index >= 15 is 0 Å². The van der Waals surface area contributed by atoms with E-state index in [0.717, 1.165) is 23.5 Å². The molecule has 1 heterocycles. The lowest BCUT2D eigenvalue weighted by molar-refractivity contribution is -0.121. The smallest absolute Gasteiger partial charge is 0.252 e. The summed E-state index contributed by atoms with van der Waals surface area (Å²) in [6, 6.07) is 6.91. The van der Waals surface area contributed by atoms with Crippen LogP contribution in [-0.2, 0) is 9.59 Å². The first-order valence-electron chi connectivity index (χ1n) is 6.37. The molecule has 1 aromatic carbocycles. The van der Waals surface area contributed by atoms with Crippen LogP contribution in [0, 0.1) is 0 Å². The lowest BCUT2D eigenvalue weighted by atomic mass is 10.2. The Kier molecular flexibility index (Phi) is 4.43. The first-order valence-corrected chi connectivity index (χ1v) is 6.81. The molecule has 1 aromatic rings. The van der Waals surface area contributed by atoms with Crippen molar-refractivity contribution in [2.45, 2.75) is 31.6 Å². The fourth-order valence-corrected chi connectivity index (χ4v) is 2.12. The van der Waals surface area contributed by atoms with Gasteiger partial charge in [0.25, 0.3) is 5.91 Å². The van der Waals surface area contributed by atoms with Crippen molar-refractivity contribution in [3.63, 3.8) is 0 Å². The number of rotatable bonds is 5. The highest BCUT2D eigenvalue weighted by atomic mass is 35.5. The Morgan fingerprint density at radius 3 is 2.53 bits per heavy atom. The van der Waals surface area contributed by atoms with Gasteiger partial charge in [-0.05, 0) is 30.7 Å². The van der Waals surface area contributed by atoms with E-state index in [1.807, 2.05) is 0 Å². The Labute approximate surface area is 117 Å². The van der Waals surface area contributed by atoms with Gasteiger partial charge in [-0.2, -0.15) is 0 Å². The molecule has 1 atom stereocenters. The Morgan fingerprint density at radius 2 is 2.00 bits per heavy atom. The summed E-state index contributed by atoms with van der Waals surface area (Å²) in [5, 5.41) is -0.743. The number of anilines is 1. The predicted molar refractivity (Wildman–Crippen MR) is 73.6 cm³/mol. The van der Waals surface area contributed by atoms with Gasteiger partial charge in [-0.3, -0.25) is 9.59 Å². The molecule has 4 nitrogen and oxygen atoms in total. The average Bonchev–Trinajstić information content (AvgIpc) is 2.65. The van der Waals surface area contributed by atoms with Crippen LogP contribution in [0.5, 0.6) is 5.75 Å². The number of hydrogen-bond acceptors (Lipinski definition) is 3. The second-order valence-electron chi connectivity index (χ2n) is 4.43. The summed E-state index contributed by atoms with van der Waals surface area (Å²) in [7, 11) is 0. The van der Waals surface area contributed by atoms with Crippen LogP contribution < -0.4 is 9.64 Å². The molecule has 0 bridgehead atoms. The van der Waals surface area contributed by atoms with Crippen LogP contribution in [0.15, 0.2) is 24.3 Å². The standard InChI is InChI=1S/C14H16ClNO3/c1-2-3-8-19-11-6-4-10(5-7-11)16-13(17)9-12(15)14(16)18/h4-7,12H,2-3,8-9H2,1H3/t12-/m1/s1. The summed E-state index contributed by atoms with van der Waals surface area (Å²) in [5.74, 6) is 0.120. The summed E-state index contributed by atoms with van der Waals surface area (Å²) in [4.78, 5) is 24.6. The van der Waals surface area contributed by atoms with E-state index in [9.17, 15) is 9.59 Å². The first kappa shape index (κ1) is 13.9. The summed E-state index contributed by atoms with van der Waals surface area (Å²) in [6.07, 6.45) is 2.14. The van der Waals surface area contributed by atoms with Gasteiger partial charge in [0.2, 0.25) is 5.91 Å². The van der Waals surface area contributed by atoms with Crippen LogP contribution in [0.1, 0.15) is 26.2 Å². The third-order valence-electron chi connectivity index (χ3n) is 2.95. The fourth-order valence-electron chi connectivity index (χ4n) is 1.89. The topological polar surface area (TPSA) is 46.6 Å². The molecule has 0 N–H and O–H groups in total. The molecule has 1 aliphatic heterocycles. The highest BCUT2D eigenvalue weighted by molar-refractivity contribution is 6.40. The number of imide groups is 1. The van der Waals surface area contributed by atoms with Crippen LogP contribution in [0.2, 0.25) is 0 Å². The van der Waals surface area contributed by atoms with Crippen molar-refractivity contribution in [3.8, 4) is 5.75 Å². The molecule has 0 aromatic heterocycles. The van der Waals surface area contributed by atoms with Gasteiger partial charge in [0.1, 0.15) is 11.1 Å². The number of ether oxygens (including phenoxy) is 1. The van der Waals surface area contributed by atoms with Crippen molar-refractivity contribution in [3.05, 3.63) is 24.3 Å². The SMILES string of the molecule is CCCCOc1ccc(N2C(=O)C[C@@H](Cl)C2=O)cc1. The first-order chi connectivity index (χ1) is 9.13. The number of alkyl halides is 1. The zero-order valence-electron chi connectivity index (χ0n) is 10.8. The number of nitrogens with zero attached hydrogens (tertiary/aromatic N) is 1. The zero-order valence-corrected chi connectivity index (χ0v) is 11.5. The number of benzene rings is 1. The van der Waals surface area contributed by atoms with Gasteiger partial charge in [-0.1, -0.05) is 13.3 Å². The minimum atomic E-state index is -0.743. The van der Waals surface area contributed by atoms with Crippen molar-refractivity contribution in [2.75, 3.05) is 11.5 Å². The molecule has 0 unspecified atom stereocenters. The maximum absolute atomic E-state index is 11.8. The van der Waals surface area contributed by atoms with E-state index in [-0.39, 0.29) is 18.2 Å². The van der Waals surface area contributed by atoms with E-state index in [4.69, 9.17) is 16.3 Å². The third-order valence-corrected chi connectivity index (χ3v) is 3.29. The molecular weight excluding hydrogens is 266 g/mol. The van der Waals surface area contributed by atoms with Crippen LogP contribution in [-0.4, -0.2) is 23.8 Å². The maximum atomic E-state index is 11.8. The van der Waals surface area contributed by atoms with Gasteiger partial charge in [-0.25, -0.2) is 4.90 Å². The average molecular weight is 282 g/mol. The number of carbonyl (C=O) groups is 2. The van der Waals surface area contributed by atoms with E-state index in [1.54, 1.807) is 24.3 Å². The second-order valence-corrected chi connectivity index (χ2v) is 4.96. The van der Waals surface area contributed by atoms with Crippen molar-refractivity contribution >= 4 is 29.1 Å².